The molecule has 0 aromatic heterocycles. The third kappa shape index (κ3) is 2.95. The Morgan fingerprint density at radius 1 is 1.08 bits per heavy atom. The van der Waals surface area contributed by atoms with Gasteiger partial charge in [-0.2, -0.15) is 0 Å². The molecule has 3 rings (SSSR count). The van der Waals surface area contributed by atoms with E-state index in [1.165, 1.54) is 0 Å². The van der Waals surface area contributed by atoms with Crippen LogP contribution in [-0.4, -0.2) is 41.6 Å². The predicted molar refractivity (Wildman–Crippen MR) is 94.0 cm³/mol. The van der Waals surface area contributed by atoms with Crippen molar-refractivity contribution in [2.24, 2.45) is 0 Å². The number of carbonyl (C=O) groups is 2. The summed E-state index contributed by atoms with van der Waals surface area (Å²) >= 11 is 0. The number of hydrogen-bond donors (Lipinski definition) is 0. The molecule has 0 radical (unpaired) electrons. The van der Waals surface area contributed by atoms with Gasteiger partial charge in [0.05, 0.1) is 12.2 Å². The van der Waals surface area contributed by atoms with E-state index in [1.54, 1.807) is 27.7 Å². The van der Waals surface area contributed by atoms with Crippen molar-refractivity contribution < 1.29 is 19.1 Å². The van der Waals surface area contributed by atoms with E-state index in [9.17, 15) is 9.59 Å². The highest BCUT2D eigenvalue weighted by atomic mass is 16.6. The van der Waals surface area contributed by atoms with E-state index in [0.717, 1.165) is 37.1 Å². The molecular formula is C20H27NO4. The lowest BCUT2D eigenvalue weighted by atomic mass is 9.69. The normalized spacial score (nSPS) is 21.8. The molecule has 1 aromatic carbocycles. The second-order valence-corrected chi connectivity index (χ2v) is 7.50. The van der Waals surface area contributed by atoms with Gasteiger partial charge in [0.2, 0.25) is 5.41 Å². The lowest BCUT2D eigenvalue weighted by Gasteiger charge is -2.44. The third-order valence-corrected chi connectivity index (χ3v) is 5.01. The van der Waals surface area contributed by atoms with Crippen LogP contribution in [0, 0.1) is 0 Å². The number of esters is 2. The van der Waals surface area contributed by atoms with Gasteiger partial charge in [0.25, 0.3) is 0 Å². The van der Waals surface area contributed by atoms with Gasteiger partial charge in [-0.15, -0.1) is 0 Å². The van der Waals surface area contributed by atoms with E-state index in [1.807, 2.05) is 24.3 Å². The van der Waals surface area contributed by atoms with Crippen molar-refractivity contribution >= 4 is 11.9 Å². The van der Waals surface area contributed by atoms with Gasteiger partial charge in [-0.25, -0.2) is 0 Å². The van der Waals surface area contributed by atoms with Crippen LogP contribution in [0.5, 0.6) is 0 Å². The number of fused-ring (bicyclic) bond motifs is 2. The molecule has 5 heteroatoms. The quantitative estimate of drug-likeness (QED) is 0.620. The molecule has 1 atom stereocenters. The van der Waals surface area contributed by atoms with Crippen LogP contribution in [0.1, 0.15) is 51.7 Å². The van der Waals surface area contributed by atoms with Crippen molar-refractivity contribution in [3.8, 4) is 0 Å². The van der Waals surface area contributed by atoms with Crippen LogP contribution in [0.15, 0.2) is 24.3 Å². The zero-order valence-electron chi connectivity index (χ0n) is 15.5. The molecule has 1 unspecified atom stereocenters. The zero-order chi connectivity index (χ0) is 18.2. The first-order valence-corrected chi connectivity index (χ1v) is 9.12. The van der Waals surface area contributed by atoms with E-state index >= 15 is 0 Å². The van der Waals surface area contributed by atoms with Gasteiger partial charge in [-0.05, 0) is 58.2 Å². The molecule has 25 heavy (non-hydrogen) atoms. The maximum Gasteiger partial charge on any atom is 0.329 e. The van der Waals surface area contributed by atoms with Gasteiger partial charge >= 0.3 is 11.9 Å². The van der Waals surface area contributed by atoms with Gasteiger partial charge in [0.15, 0.2) is 0 Å². The first-order valence-electron chi connectivity index (χ1n) is 9.12. The first kappa shape index (κ1) is 17.9. The molecule has 0 bridgehead atoms. The Kier molecular flexibility index (Phi) is 4.87. The molecule has 2 aliphatic heterocycles. The molecule has 0 saturated carbocycles. The summed E-state index contributed by atoms with van der Waals surface area (Å²) in [7, 11) is 0. The fraction of sp³-hybridized carbons (Fsp3) is 0.600. The second-order valence-electron chi connectivity index (χ2n) is 7.50. The monoisotopic (exact) mass is 345 g/mol. The predicted octanol–water partition coefficient (Wildman–Crippen LogP) is 2.81. The molecular weight excluding hydrogens is 318 g/mol. The van der Waals surface area contributed by atoms with Crippen LogP contribution < -0.4 is 0 Å². The minimum absolute atomic E-state index is 0.208. The number of hydrogen-bond acceptors (Lipinski definition) is 5. The maximum atomic E-state index is 13.3. The van der Waals surface area contributed by atoms with Crippen LogP contribution in [0.2, 0.25) is 0 Å². The molecule has 2 aliphatic rings. The van der Waals surface area contributed by atoms with E-state index in [0.29, 0.717) is 0 Å². The van der Waals surface area contributed by atoms with Crippen molar-refractivity contribution in [3.05, 3.63) is 35.4 Å². The first-order chi connectivity index (χ1) is 11.9. The topological polar surface area (TPSA) is 55.8 Å². The molecule has 1 saturated heterocycles. The Balaban J connectivity index is 2.19. The minimum atomic E-state index is -1.40. The summed E-state index contributed by atoms with van der Waals surface area (Å²) in [6, 6.07) is 7.49. The number of ether oxygens (including phenoxy) is 2. The third-order valence-electron chi connectivity index (χ3n) is 5.01. The molecule has 0 N–H and O–H groups in total. The van der Waals surface area contributed by atoms with Gasteiger partial charge in [0.1, 0.15) is 0 Å². The molecule has 0 aliphatic carbocycles. The SMILES string of the molecule is CC(C)OC(=O)C1(C(=O)OC(C)C)c2ccccc2CN2CCCC21. The number of benzene rings is 1. The Morgan fingerprint density at radius 2 is 1.68 bits per heavy atom. The Morgan fingerprint density at radius 3 is 2.28 bits per heavy atom. The van der Waals surface area contributed by atoms with Crippen LogP contribution in [0.25, 0.3) is 0 Å². The zero-order valence-corrected chi connectivity index (χ0v) is 15.5. The fourth-order valence-electron chi connectivity index (χ4n) is 4.14. The maximum absolute atomic E-state index is 13.3. The average molecular weight is 345 g/mol. The van der Waals surface area contributed by atoms with Gasteiger partial charge < -0.3 is 9.47 Å². The number of nitrogens with zero attached hydrogens (tertiary/aromatic N) is 1. The number of rotatable bonds is 4. The van der Waals surface area contributed by atoms with Crippen LogP contribution in [0.4, 0.5) is 0 Å². The summed E-state index contributed by atoms with van der Waals surface area (Å²) in [5.74, 6) is -0.977. The smallest absolute Gasteiger partial charge is 0.329 e. The second kappa shape index (κ2) is 6.79. The summed E-state index contributed by atoms with van der Waals surface area (Å²) in [5.41, 5.74) is 0.344. The highest BCUT2D eigenvalue weighted by Gasteiger charge is 2.62. The Bertz CT molecular complexity index is 645. The highest BCUT2D eigenvalue weighted by Crippen LogP contribution is 2.45. The van der Waals surface area contributed by atoms with Gasteiger partial charge in [0, 0.05) is 12.6 Å². The summed E-state index contributed by atoms with van der Waals surface area (Å²) in [4.78, 5) is 28.8. The van der Waals surface area contributed by atoms with E-state index in [-0.39, 0.29) is 18.2 Å². The van der Waals surface area contributed by atoms with Crippen LogP contribution >= 0.6 is 0 Å². The molecule has 1 aromatic rings. The van der Waals surface area contributed by atoms with Crippen LogP contribution in [0.3, 0.4) is 0 Å². The van der Waals surface area contributed by atoms with Crippen molar-refractivity contribution in [3.63, 3.8) is 0 Å². The summed E-state index contributed by atoms with van der Waals surface area (Å²) < 4.78 is 11.2. The Labute approximate surface area is 149 Å². The molecule has 1 fully saturated rings. The molecule has 0 amide bonds. The Hall–Kier alpha value is -1.88. The van der Waals surface area contributed by atoms with Crippen molar-refractivity contribution in [2.45, 2.75) is 70.7 Å². The van der Waals surface area contributed by atoms with E-state index < -0.39 is 17.4 Å². The summed E-state index contributed by atoms with van der Waals surface area (Å²) in [6.07, 6.45) is 1.17. The van der Waals surface area contributed by atoms with E-state index in [4.69, 9.17) is 9.47 Å². The van der Waals surface area contributed by atoms with Gasteiger partial charge in [-0.1, -0.05) is 24.3 Å². The van der Waals surface area contributed by atoms with E-state index in [2.05, 4.69) is 4.90 Å². The molecule has 2 heterocycles. The largest absolute Gasteiger partial charge is 0.462 e. The van der Waals surface area contributed by atoms with Gasteiger partial charge in [-0.3, -0.25) is 14.5 Å². The lowest BCUT2D eigenvalue weighted by Crippen LogP contribution is -2.62. The average Bonchev–Trinajstić information content (AvgIpc) is 2.99. The van der Waals surface area contributed by atoms with Crippen molar-refractivity contribution in [2.75, 3.05) is 6.54 Å². The summed E-state index contributed by atoms with van der Waals surface area (Å²) in [5, 5.41) is 0. The molecule has 5 nitrogen and oxygen atoms in total. The van der Waals surface area contributed by atoms with Crippen molar-refractivity contribution in [1.29, 1.82) is 0 Å². The standard InChI is InChI=1S/C20H27NO4/c1-13(2)24-18(22)20(19(23)25-14(3)4)16-9-6-5-8-15(16)12-21-11-7-10-17(20)21/h5-6,8-9,13-14,17H,7,10-12H2,1-4H3. The molecule has 136 valence electrons. The fourth-order valence-corrected chi connectivity index (χ4v) is 4.14. The number of carbonyl (C=O) groups excluding carboxylic acids is 2. The van der Waals surface area contributed by atoms with Crippen LogP contribution in [-0.2, 0) is 31.0 Å². The lowest BCUT2D eigenvalue weighted by molar-refractivity contribution is -0.174. The van der Waals surface area contributed by atoms with Crippen molar-refractivity contribution in [1.82, 2.24) is 4.90 Å². The molecule has 0 spiro atoms. The summed E-state index contributed by atoms with van der Waals surface area (Å²) in [6.45, 7) is 8.86. The minimum Gasteiger partial charge on any atom is -0.462 e. The highest BCUT2D eigenvalue weighted by molar-refractivity contribution is 6.08.